The fourth-order valence-electron chi connectivity index (χ4n) is 1.32. The quantitative estimate of drug-likeness (QED) is 0.656. The number of carbonyl (C=O) groups is 1. The summed E-state index contributed by atoms with van der Waals surface area (Å²) >= 11 is 0. The second kappa shape index (κ2) is 3.58. The molecule has 0 aliphatic carbocycles. The predicted molar refractivity (Wildman–Crippen MR) is 45.3 cm³/mol. The Morgan fingerprint density at radius 2 is 2.33 bits per heavy atom. The summed E-state index contributed by atoms with van der Waals surface area (Å²) in [6.45, 7) is 0. The van der Waals surface area contributed by atoms with Gasteiger partial charge in [-0.1, -0.05) is 6.08 Å². The molecule has 1 rings (SSSR count). The number of allylic oxidation sites excluding steroid dienone is 1. The van der Waals surface area contributed by atoms with E-state index < -0.39 is 12.0 Å². The van der Waals surface area contributed by atoms with Gasteiger partial charge in [0.15, 0.2) is 0 Å². The van der Waals surface area contributed by atoms with Crippen molar-refractivity contribution in [1.82, 2.24) is 10.0 Å². The van der Waals surface area contributed by atoms with Crippen LogP contribution in [0.15, 0.2) is 12.3 Å². The lowest BCUT2D eigenvalue weighted by Crippen LogP contribution is -2.46. The Morgan fingerprint density at radius 1 is 1.67 bits per heavy atom. The minimum atomic E-state index is -0.756. The second-order valence-electron chi connectivity index (χ2n) is 3.04. The molecule has 4 nitrogen and oxygen atoms in total. The largest absolute Gasteiger partial charge is 0.480 e. The standard InChI is InChI=1S/C8H14N2O2/c1-9(2)10-6-4-3-5-7(10)8(11)12/h4,6-7H,3,5H2,1-2H3,(H,11,12). The van der Waals surface area contributed by atoms with Crippen LogP contribution in [-0.4, -0.2) is 41.2 Å². The first-order chi connectivity index (χ1) is 5.63. The highest BCUT2D eigenvalue weighted by Gasteiger charge is 2.25. The molecule has 0 aromatic carbocycles. The van der Waals surface area contributed by atoms with E-state index in [1.807, 2.05) is 26.4 Å². The number of aliphatic carboxylic acids is 1. The summed E-state index contributed by atoms with van der Waals surface area (Å²) in [5.74, 6) is -0.756. The molecule has 0 bridgehead atoms. The summed E-state index contributed by atoms with van der Waals surface area (Å²) in [5.41, 5.74) is 0. The maximum Gasteiger partial charge on any atom is 0.327 e. The van der Waals surface area contributed by atoms with Gasteiger partial charge in [-0.25, -0.2) is 9.80 Å². The molecule has 4 heteroatoms. The first-order valence-electron chi connectivity index (χ1n) is 3.98. The molecule has 0 amide bonds. The van der Waals surface area contributed by atoms with Gasteiger partial charge in [0.2, 0.25) is 0 Å². The Labute approximate surface area is 72.0 Å². The van der Waals surface area contributed by atoms with Crippen molar-refractivity contribution >= 4 is 5.97 Å². The Balaban J connectivity index is 2.72. The number of hydrogen-bond donors (Lipinski definition) is 1. The van der Waals surface area contributed by atoms with Crippen LogP contribution in [-0.2, 0) is 4.79 Å². The first-order valence-corrected chi connectivity index (χ1v) is 3.98. The molecule has 0 aromatic heterocycles. The summed E-state index contributed by atoms with van der Waals surface area (Å²) in [7, 11) is 3.68. The van der Waals surface area contributed by atoms with Crippen molar-refractivity contribution < 1.29 is 9.90 Å². The van der Waals surface area contributed by atoms with Crippen LogP contribution in [0, 0.1) is 0 Å². The summed E-state index contributed by atoms with van der Waals surface area (Å²) in [5, 5.41) is 12.4. The zero-order valence-electron chi connectivity index (χ0n) is 7.40. The molecular formula is C8H14N2O2. The number of nitrogens with zero attached hydrogens (tertiary/aromatic N) is 2. The number of hydrazine groups is 1. The van der Waals surface area contributed by atoms with E-state index in [9.17, 15) is 4.79 Å². The monoisotopic (exact) mass is 170 g/mol. The third kappa shape index (κ3) is 1.76. The highest BCUT2D eigenvalue weighted by molar-refractivity contribution is 5.73. The molecule has 68 valence electrons. The van der Waals surface area contributed by atoms with Gasteiger partial charge in [-0.2, -0.15) is 0 Å². The Bertz CT molecular complexity index is 201. The average Bonchev–Trinajstić information content (AvgIpc) is 2.04. The maximum absolute atomic E-state index is 10.8. The van der Waals surface area contributed by atoms with Gasteiger partial charge in [0.25, 0.3) is 0 Å². The molecule has 1 heterocycles. The maximum atomic E-state index is 10.8. The highest BCUT2D eigenvalue weighted by Crippen LogP contribution is 2.15. The zero-order valence-corrected chi connectivity index (χ0v) is 7.40. The van der Waals surface area contributed by atoms with Crippen LogP contribution in [0.2, 0.25) is 0 Å². The van der Waals surface area contributed by atoms with E-state index in [1.165, 1.54) is 0 Å². The lowest BCUT2D eigenvalue weighted by Gasteiger charge is -2.35. The SMILES string of the molecule is CN(C)N1C=CCCC1C(=O)O. The van der Waals surface area contributed by atoms with Gasteiger partial charge in [0.05, 0.1) is 0 Å². The van der Waals surface area contributed by atoms with Gasteiger partial charge < -0.3 is 5.11 Å². The van der Waals surface area contributed by atoms with E-state index in [4.69, 9.17) is 5.11 Å². The Hall–Kier alpha value is -1.03. The highest BCUT2D eigenvalue weighted by atomic mass is 16.4. The van der Waals surface area contributed by atoms with Crippen LogP contribution in [0.25, 0.3) is 0 Å². The minimum Gasteiger partial charge on any atom is -0.480 e. The summed E-state index contributed by atoms with van der Waals surface area (Å²) < 4.78 is 0. The average molecular weight is 170 g/mol. The van der Waals surface area contributed by atoms with Gasteiger partial charge >= 0.3 is 5.97 Å². The zero-order chi connectivity index (χ0) is 9.14. The van der Waals surface area contributed by atoms with Crippen LogP contribution >= 0.6 is 0 Å². The van der Waals surface area contributed by atoms with Crippen LogP contribution < -0.4 is 0 Å². The summed E-state index contributed by atoms with van der Waals surface area (Å²) in [4.78, 5) is 10.8. The van der Waals surface area contributed by atoms with E-state index in [-0.39, 0.29) is 0 Å². The molecule has 0 radical (unpaired) electrons. The lowest BCUT2D eigenvalue weighted by atomic mass is 10.1. The van der Waals surface area contributed by atoms with Crippen molar-refractivity contribution in [2.24, 2.45) is 0 Å². The lowest BCUT2D eigenvalue weighted by molar-refractivity contribution is -0.148. The van der Waals surface area contributed by atoms with E-state index in [1.54, 1.807) is 10.0 Å². The molecule has 1 aliphatic rings. The van der Waals surface area contributed by atoms with Gasteiger partial charge in [-0.3, -0.25) is 5.01 Å². The van der Waals surface area contributed by atoms with Crippen molar-refractivity contribution in [1.29, 1.82) is 0 Å². The third-order valence-electron chi connectivity index (χ3n) is 1.93. The number of carboxylic acid groups (broad SMARTS) is 1. The van der Waals surface area contributed by atoms with E-state index in [2.05, 4.69) is 0 Å². The molecule has 1 aliphatic heterocycles. The van der Waals surface area contributed by atoms with Crippen molar-refractivity contribution in [2.75, 3.05) is 14.1 Å². The molecule has 0 saturated heterocycles. The molecule has 0 fully saturated rings. The number of carboxylic acids is 1. The van der Waals surface area contributed by atoms with E-state index in [0.717, 1.165) is 6.42 Å². The minimum absolute atomic E-state index is 0.398. The smallest absolute Gasteiger partial charge is 0.327 e. The van der Waals surface area contributed by atoms with Gasteiger partial charge in [-0.05, 0) is 12.8 Å². The molecule has 1 N–H and O–H groups in total. The summed E-state index contributed by atoms with van der Waals surface area (Å²) in [6, 6.07) is -0.398. The van der Waals surface area contributed by atoms with Gasteiger partial charge in [-0.15, -0.1) is 0 Å². The molecule has 0 spiro atoms. The molecule has 0 aromatic rings. The Morgan fingerprint density at radius 3 is 2.75 bits per heavy atom. The normalized spacial score (nSPS) is 23.2. The van der Waals surface area contributed by atoms with E-state index >= 15 is 0 Å². The van der Waals surface area contributed by atoms with E-state index in [0.29, 0.717) is 6.42 Å². The fourth-order valence-corrected chi connectivity index (χ4v) is 1.32. The molecule has 1 atom stereocenters. The van der Waals surface area contributed by atoms with Crippen LogP contribution in [0.1, 0.15) is 12.8 Å². The topological polar surface area (TPSA) is 43.8 Å². The van der Waals surface area contributed by atoms with Crippen LogP contribution in [0.3, 0.4) is 0 Å². The molecule has 12 heavy (non-hydrogen) atoms. The van der Waals surface area contributed by atoms with Gasteiger partial charge in [0, 0.05) is 20.3 Å². The third-order valence-corrected chi connectivity index (χ3v) is 1.93. The molecular weight excluding hydrogens is 156 g/mol. The van der Waals surface area contributed by atoms with Crippen molar-refractivity contribution in [2.45, 2.75) is 18.9 Å². The number of rotatable bonds is 2. The predicted octanol–water partition coefficient (Wildman–Crippen LogP) is 0.526. The van der Waals surface area contributed by atoms with Crippen molar-refractivity contribution in [3.8, 4) is 0 Å². The fraction of sp³-hybridized carbons (Fsp3) is 0.625. The number of hydrogen-bond acceptors (Lipinski definition) is 3. The summed E-state index contributed by atoms with van der Waals surface area (Å²) in [6.07, 6.45) is 5.34. The van der Waals surface area contributed by atoms with Crippen LogP contribution in [0.4, 0.5) is 0 Å². The van der Waals surface area contributed by atoms with Crippen LogP contribution in [0.5, 0.6) is 0 Å². The molecule has 0 saturated carbocycles. The molecule has 1 unspecified atom stereocenters. The van der Waals surface area contributed by atoms with Crippen molar-refractivity contribution in [3.05, 3.63) is 12.3 Å². The second-order valence-corrected chi connectivity index (χ2v) is 3.04. The Kier molecular flexibility index (Phi) is 2.70. The first kappa shape index (κ1) is 9.06. The van der Waals surface area contributed by atoms with Gasteiger partial charge in [0.1, 0.15) is 6.04 Å². The van der Waals surface area contributed by atoms with Crippen molar-refractivity contribution in [3.63, 3.8) is 0 Å².